The van der Waals surface area contributed by atoms with E-state index < -0.39 is 12.2 Å². The molecule has 0 bridgehead atoms. The molecule has 2 amide bonds. The fraction of sp³-hybridized carbons (Fsp3) is 0.344. The summed E-state index contributed by atoms with van der Waals surface area (Å²) >= 11 is 3.47. The topological polar surface area (TPSA) is 128 Å². The molecule has 73 heavy (non-hydrogen) atoms. The molecule has 2 unspecified atom stereocenters. The lowest BCUT2D eigenvalue weighted by Gasteiger charge is -2.39. The fourth-order valence-corrected chi connectivity index (χ4v) is 10.3. The maximum atomic E-state index is 14.0. The Morgan fingerprint density at radius 3 is 1.42 bits per heavy atom. The van der Waals surface area contributed by atoms with Crippen molar-refractivity contribution in [1.82, 2.24) is 4.90 Å². The third-order valence-corrected chi connectivity index (χ3v) is 14.3. The van der Waals surface area contributed by atoms with Gasteiger partial charge in [-0.2, -0.15) is 10.5 Å². The Kier molecular flexibility index (Phi) is 18.6. The molecule has 1 saturated heterocycles. The van der Waals surface area contributed by atoms with Crippen LogP contribution in [0.1, 0.15) is 117 Å². The van der Waals surface area contributed by atoms with Gasteiger partial charge in [-0.15, -0.1) is 0 Å². The lowest BCUT2D eigenvalue weighted by Crippen LogP contribution is -2.44. The Balaban J connectivity index is 0.000000199. The number of carbonyl (C=O) groups is 2. The quantitative estimate of drug-likeness (QED) is 0.0575. The van der Waals surface area contributed by atoms with Crippen LogP contribution in [0.15, 0.2) is 146 Å². The first-order valence-electron chi connectivity index (χ1n) is 25.6. The summed E-state index contributed by atoms with van der Waals surface area (Å²) in [4.78, 5) is 33.9. The van der Waals surface area contributed by atoms with E-state index in [9.17, 15) is 20.1 Å². The molecule has 6 aromatic carbocycles. The van der Waals surface area contributed by atoms with Crippen LogP contribution in [0, 0.1) is 22.7 Å². The van der Waals surface area contributed by atoms with Gasteiger partial charge in [0.2, 0.25) is 12.2 Å². The van der Waals surface area contributed by atoms with Gasteiger partial charge in [0.15, 0.2) is 0 Å². The molecular weight excluding hydrogens is 979 g/mol. The van der Waals surface area contributed by atoms with Gasteiger partial charge in [0.05, 0.1) is 34.6 Å². The predicted molar refractivity (Wildman–Crippen MR) is 289 cm³/mol. The number of ether oxygens (including phenoxy) is 4. The number of carbonyl (C=O) groups excluding carboxylic acids is 2. The summed E-state index contributed by atoms with van der Waals surface area (Å²) in [6.07, 6.45) is 8.22. The molecule has 3 aliphatic rings. The van der Waals surface area contributed by atoms with E-state index in [0.717, 1.165) is 72.9 Å². The van der Waals surface area contributed by atoms with Gasteiger partial charge in [0.1, 0.15) is 36.2 Å². The maximum absolute atomic E-state index is 14.0. The van der Waals surface area contributed by atoms with Gasteiger partial charge in [0.25, 0.3) is 11.8 Å². The number of para-hydroxylation sites is 4. The van der Waals surface area contributed by atoms with E-state index in [-0.39, 0.29) is 11.8 Å². The molecule has 0 saturated carbocycles. The average molecular weight is 1040 g/mol. The van der Waals surface area contributed by atoms with E-state index in [2.05, 4.69) is 46.8 Å². The number of unbranched alkanes of at least 4 members (excludes halogenated alkanes) is 4. The van der Waals surface area contributed by atoms with Crippen LogP contribution in [0.25, 0.3) is 0 Å². The molecule has 0 aromatic heterocycles. The minimum atomic E-state index is -0.885. The standard InChI is InChI=1S/C34H39N3O3.C27H25BrN2O3/c1-25-12-11-13-26(2)36(25)20-9-4-10-21-37-30-16-7-8-17-32(30)40-33(34(37)38)29-22-28(23-35)18-19-31(29)39-24-27-14-5-3-6-15-27;28-15-7-2-8-16-30-23-11-5-6-12-25(23)33-26(27(30)31)22-17-21(18-29)13-14-24(22)32-19-20-9-3-1-4-10-20/h3,5-8,14-19,22,25-26,33H,4,9-13,20-21,24H2,1-2H3;1,3-6,9-14,17,26H,2,7-8,15-16,19H2/t25-,26+,33?;. The summed E-state index contributed by atoms with van der Waals surface area (Å²) in [5.41, 5.74) is 5.67. The number of alkyl halides is 1. The third-order valence-electron chi connectivity index (χ3n) is 13.8. The Hall–Kier alpha value is -7.12. The van der Waals surface area contributed by atoms with Gasteiger partial charge < -0.3 is 28.7 Å². The minimum absolute atomic E-state index is 0.128. The number of fused-ring (bicyclic) bond motifs is 2. The van der Waals surface area contributed by atoms with Crippen molar-refractivity contribution in [2.45, 2.75) is 109 Å². The number of hydrogen-bond acceptors (Lipinski definition) is 9. The largest absolute Gasteiger partial charge is 0.488 e. The summed E-state index contributed by atoms with van der Waals surface area (Å²) < 4.78 is 24.8. The molecular formula is C61H64BrN5O6. The molecule has 6 aromatic rings. The second-order valence-electron chi connectivity index (χ2n) is 18.9. The van der Waals surface area contributed by atoms with E-state index in [4.69, 9.17) is 18.9 Å². The van der Waals surface area contributed by atoms with Gasteiger partial charge in [-0.25, -0.2) is 0 Å². The number of rotatable bonds is 19. The molecule has 9 rings (SSSR count). The SMILES string of the molecule is C[C@@H]1CCC[C@H](C)N1CCCCCN1C(=O)C(c2cc(C#N)ccc2OCc2ccccc2)Oc2ccccc21.N#Cc1ccc(OCc2ccccc2)c(C2Oc3ccccc3N(CCCCCBr)C2=O)c1. The molecule has 0 N–H and O–H groups in total. The molecule has 11 nitrogen and oxygen atoms in total. The van der Waals surface area contributed by atoms with Crippen molar-refractivity contribution in [3.63, 3.8) is 0 Å². The zero-order valence-corrected chi connectivity index (χ0v) is 43.4. The number of likely N-dealkylation sites (tertiary alicyclic amines) is 1. The van der Waals surface area contributed by atoms with E-state index in [1.165, 1.54) is 19.3 Å². The van der Waals surface area contributed by atoms with E-state index in [0.29, 0.717) is 83.6 Å². The minimum Gasteiger partial charge on any atom is -0.488 e. The summed E-state index contributed by atoms with van der Waals surface area (Å²) in [5, 5.41) is 20.0. The van der Waals surface area contributed by atoms with Gasteiger partial charge >= 0.3 is 0 Å². The van der Waals surface area contributed by atoms with Crippen molar-refractivity contribution in [3.8, 4) is 35.1 Å². The Bertz CT molecular complexity index is 2860. The van der Waals surface area contributed by atoms with Crippen LogP contribution in [0.4, 0.5) is 11.4 Å². The van der Waals surface area contributed by atoms with E-state index >= 15 is 0 Å². The van der Waals surface area contributed by atoms with Gasteiger partial charge in [0, 0.05) is 41.6 Å². The summed E-state index contributed by atoms with van der Waals surface area (Å²) in [6.45, 7) is 7.75. The molecule has 0 radical (unpaired) electrons. The second-order valence-corrected chi connectivity index (χ2v) is 19.7. The van der Waals surface area contributed by atoms with Crippen molar-refractivity contribution in [2.75, 3.05) is 34.8 Å². The number of benzene rings is 6. The van der Waals surface area contributed by atoms with Crippen molar-refractivity contribution >= 4 is 39.1 Å². The van der Waals surface area contributed by atoms with Crippen LogP contribution in [-0.4, -0.2) is 53.8 Å². The number of piperidine rings is 1. The van der Waals surface area contributed by atoms with Crippen molar-refractivity contribution in [1.29, 1.82) is 10.5 Å². The highest BCUT2D eigenvalue weighted by molar-refractivity contribution is 9.09. The lowest BCUT2D eigenvalue weighted by molar-refractivity contribution is -0.127. The first-order valence-corrected chi connectivity index (χ1v) is 26.8. The van der Waals surface area contributed by atoms with Crippen molar-refractivity contribution in [2.24, 2.45) is 0 Å². The Morgan fingerprint density at radius 1 is 0.548 bits per heavy atom. The second kappa shape index (κ2) is 26.0. The highest BCUT2D eigenvalue weighted by atomic mass is 79.9. The molecule has 376 valence electrons. The van der Waals surface area contributed by atoms with Crippen LogP contribution in [-0.2, 0) is 22.8 Å². The number of halogens is 1. The van der Waals surface area contributed by atoms with Gasteiger partial charge in [-0.05, 0) is 131 Å². The first kappa shape index (κ1) is 52.2. The van der Waals surface area contributed by atoms with E-state index in [1.807, 2.05) is 114 Å². The monoisotopic (exact) mass is 1040 g/mol. The smallest absolute Gasteiger partial charge is 0.273 e. The molecule has 1 fully saturated rings. The number of hydrogen-bond donors (Lipinski definition) is 0. The van der Waals surface area contributed by atoms with Crippen LogP contribution >= 0.6 is 15.9 Å². The summed E-state index contributed by atoms with van der Waals surface area (Å²) in [6, 6.07) is 51.0. The van der Waals surface area contributed by atoms with Crippen LogP contribution in [0.3, 0.4) is 0 Å². The molecule has 12 heteroatoms. The molecule has 0 aliphatic carbocycles. The number of nitriles is 2. The molecule has 3 heterocycles. The first-order chi connectivity index (χ1) is 35.8. The highest BCUT2D eigenvalue weighted by Crippen LogP contribution is 2.43. The lowest BCUT2D eigenvalue weighted by atomic mass is 9.97. The Morgan fingerprint density at radius 2 is 0.973 bits per heavy atom. The zero-order valence-electron chi connectivity index (χ0n) is 41.8. The average Bonchev–Trinajstić information content (AvgIpc) is 3.43. The van der Waals surface area contributed by atoms with Crippen LogP contribution in [0.2, 0.25) is 0 Å². The summed E-state index contributed by atoms with van der Waals surface area (Å²) in [7, 11) is 0. The van der Waals surface area contributed by atoms with Gasteiger partial charge in [-0.3, -0.25) is 14.5 Å². The van der Waals surface area contributed by atoms with Gasteiger partial charge in [-0.1, -0.05) is 120 Å². The van der Waals surface area contributed by atoms with E-state index in [1.54, 1.807) is 41.3 Å². The molecule has 0 spiro atoms. The maximum Gasteiger partial charge on any atom is 0.273 e. The normalized spacial score (nSPS) is 18.2. The molecule has 4 atom stereocenters. The summed E-state index contributed by atoms with van der Waals surface area (Å²) in [5.74, 6) is 2.13. The Labute approximate surface area is 439 Å². The fourth-order valence-electron chi connectivity index (χ4n) is 9.87. The number of amides is 2. The van der Waals surface area contributed by atoms with Crippen molar-refractivity contribution < 1.29 is 28.5 Å². The molecule has 3 aliphatic heterocycles. The van der Waals surface area contributed by atoms with Crippen molar-refractivity contribution in [3.05, 3.63) is 179 Å². The van der Waals surface area contributed by atoms with Crippen LogP contribution < -0.4 is 28.7 Å². The number of nitrogens with zero attached hydrogens (tertiary/aromatic N) is 5. The predicted octanol–water partition coefficient (Wildman–Crippen LogP) is 13.2. The van der Waals surface area contributed by atoms with Crippen LogP contribution in [0.5, 0.6) is 23.0 Å². The zero-order chi connectivity index (χ0) is 50.9. The third kappa shape index (κ3) is 13.3. The highest BCUT2D eigenvalue weighted by Gasteiger charge is 2.39. The number of anilines is 2.